The summed E-state index contributed by atoms with van der Waals surface area (Å²) in [7, 11) is 0. The lowest BCUT2D eigenvalue weighted by molar-refractivity contribution is 0.766. The van der Waals surface area contributed by atoms with Gasteiger partial charge in [0.25, 0.3) is 0 Å². The third-order valence-corrected chi connectivity index (χ3v) is 4.30. The normalized spacial score (nSPS) is 11.7. The van der Waals surface area contributed by atoms with Gasteiger partial charge in [-0.3, -0.25) is 0 Å². The van der Waals surface area contributed by atoms with Crippen LogP contribution < -0.4 is 0 Å². The molecule has 0 aliphatic rings. The van der Waals surface area contributed by atoms with Crippen LogP contribution in [0.3, 0.4) is 0 Å². The average molecular weight is 298 g/mol. The van der Waals surface area contributed by atoms with Crippen LogP contribution in [-0.2, 0) is 12.8 Å². The summed E-state index contributed by atoms with van der Waals surface area (Å²) in [5.41, 5.74) is 2.09. The number of hydrogen-bond donors (Lipinski definition) is 0. The molecule has 4 heterocycles. The zero-order chi connectivity index (χ0) is 14.2. The second-order valence-electron chi connectivity index (χ2n) is 4.91. The minimum atomic E-state index is 0.755. The lowest BCUT2D eigenvalue weighted by Crippen LogP contribution is -1.98. The van der Waals surface area contributed by atoms with Crippen LogP contribution in [0, 0.1) is 0 Å². The summed E-state index contributed by atoms with van der Waals surface area (Å²) in [6, 6.07) is 6.00. The molecule has 0 bridgehead atoms. The van der Waals surface area contributed by atoms with Crippen molar-refractivity contribution in [2.75, 3.05) is 0 Å². The zero-order valence-corrected chi connectivity index (χ0v) is 12.4. The van der Waals surface area contributed by atoms with E-state index in [2.05, 4.69) is 31.6 Å². The van der Waals surface area contributed by atoms with Gasteiger partial charge < -0.3 is 4.40 Å². The van der Waals surface area contributed by atoms with E-state index >= 15 is 0 Å². The summed E-state index contributed by atoms with van der Waals surface area (Å²) < 4.78 is 3.96. The molecule has 7 heteroatoms. The van der Waals surface area contributed by atoms with Gasteiger partial charge in [-0.2, -0.15) is 9.61 Å². The minimum absolute atomic E-state index is 0.755. The maximum atomic E-state index is 4.64. The van der Waals surface area contributed by atoms with E-state index in [1.807, 2.05) is 35.1 Å². The number of fused-ring (bicyclic) bond motifs is 2. The van der Waals surface area contributed by atoms with Crippen molar-refractivity contribution in [3.05, 3.63) is 47.1 Å². The van der Waals surface area contributed by atoms with Gasteiger partial charge in [-0.1, -0.05) is 24.3 Å². The Balaban J connectivity index is 1.70. The van der Waals surface area contributed by atoms with Gasteiger partial charge in [0.15, 0.2) is 5.82 Å². The molecule has 0 saturated carbocycles. The fourth-order valence-corrected chi connectivity index (χ4v) is 3.29. The molecule has 106 valence electrons. The van der Waals surface area contributed by atoms with Gasteiger partial charge in [0.2, 0.25) is 4.96 Å². The van der Waals surface area contributed by atoms with Gasteiger partial charge in [0.05, 0.1) is 0 Å². The highest BCUT2D eigenvalue weighted by molar-refractivity contribution is 7.16. The standard InChI is InChI=1S/C14H14N6S/c1-2-5-12-16-17-14-20(12)18-13(21-14)8-10-9-15-11-6-3-4-7-19(10)11/h3-4,6-7,9H,2,5,8H2,1H3. The highest BCUT2D eigenvalue weighted by atomic mass is 32.1. The van der Waals surface area contributed by atoms with Crippen molar-refractivity contribution < 1.29 is 0 Å². The molecule has 0 N–H and O–H groups in total. The smallest absolute Gasteiger partial charge is 0.234 e. The first-order valence-corrected chi connectivity index (χ1v) is 7.78. The molecule has 0 spiro atoms. The van der Waals surface area contributed by atoms with E-state index in [0.29, 0.717) is 0 Å². The number of hydrogen-bond acceptors (Lipinski definition) is 5. The van der Waals surface area contributed by atoms with Gasteiger partial charge in [-0.25, -0.2) is 4.98 Å². The first kappa shape index (κ1) is 12.5. The Hall–Kier alpha value is -2.28. The average Bonchev–Trinajstić information content (AvgIpc) is 3.17. The Morgan fingerprint density at radius 2 is 2.19 bits per heavy atom. The van der Waals surface area contributed by atoms with E-state index in [4.69, 9.17) is 0 Å². The van der Waals surface area contributed by atoms with Crippen LogP contribution in [0.5, 0.6) is 0 Å². The zero-order valence-electron chi connectivity index (χ0n) is 11.6. The first-order chi connectivity index (χ1) is 10.3. The molecule has 0 radical (unpaired) electrons. The lowest BCUT2D eigenvalue weighted by Gasteiger charge is -1.98. The molecule has 4 aromatic rings. The van der Waals surface area contributed by atoms with E-state index in [1.54, 1.807) is 11.3 Å². The SMILES string of the molecule is CCCc1nnc2sc(Cc3cnc4ccccn34)nn12. The third-order valence-electron chi connectivity index (χ3n) is 3.40. The fraction of sp³-hybridized carbons (Fsp3) is 0.286. The highest BCUT2D eigenvalue weighted by Crippen LogP contribution is 2.18. The molecule has 0 aromatic carbocycles. The number of aryl methyl sites for hydroxylation is 1. The van der Waals surface area contributed by atoms with Crippen LogP contribution in [0.15, 0.2) is 30.6 Å². The van der Waals surface area contributed by atoms with Crippen LogP contribution in [0.2, 0.25) is 0 Å². The molecule has 0 atom stereocenters. The molecule has 6 nitrogen and oxygen atoms in total. The van der Waals surface area contributed by atoms with Crippen molar-refractivity contribution in [1.82, 2.24) is 29.2 Å². The number of aromatic nitrogens is 6. The van der Waals surface area contributed by atoms with Crippen LogP contribution in [-0.4, -0.2) is 29.2 Å². The van der Waals surface area contributed by atoms with Crippen LogP contribution in [0.25, 0.3) is 10.6 Å². The Kier molecular flexibility index (Phi) is 2.92. The summed E-state index contributed by atoms with van der Waals surface area (Å²) in [6.07, 6.45) is 6.64. The van der Waals surface area contributed by atoms with Crippen LogP contribution in [0.4, 0.5) is 0 Å². The summed E-state index contributed by atoms with van der Waals surface area (Å²) in [5.74, 6) is 0.938. The molecule has 4 rings (SSSR count). The molecule has 0 fully saturated rings. The second-order valence-corrected chi connectivity index (χ2v) is 5.95. The minimum Gasteiger partial charge on any atom is -0.304 e. The van der Waals surface area contributed by atoms with E-state index < -0.39 is 0 Å². The van der Waals surface area contributed by atoms with Crippen molar-refractivity contribution in [2.24, 2.45) is 0 Å². The Morgan fingerprint density at radius 1 is 1.24 bits per heavy atom. The monoisotopic (exact) mass is 298 g/mol. The molecule has 21 heavy (non-hydrogen) atoms. The number of nitrogens with zero attached hydrogens (tertiary/aromatic N) is 6. The third kappa shape index (κ3) is 2.09. The molecule has 4 aromatic heterocycles. The molecule has 0 unspecified atom stereocenters. The molecular weight excluding hydrogens is 284 g/mol. The van der Waals surface area contributed by atoms with Crippen molar-refractivity contribution >= 4 is 21.9 Å². The molecule has 0 amide bonds. The summed E-state index contributed by atoms with van der Waals surface area (Å²) in [5, 5.41) is 14.0. The maximum Gasteiger partial charge on any atom is 0.234 e. The maximum absolute atomic E-state index is 4.64. The Morgan fingerprint density at radius 3 is 3.10 bits per heavy atom. The van der Waals surface area contributed by atoms with Crippen molar-refractivity contribution in [2.45, 2.75) is 26.2 Å². The Labute approximate surface area is 125 Å². The second kappa shape index (κ2) is 4.92. The van der Waals surface area contributed by atoms with Crippen molar-refractivity contribution in [1.29, 1.82) is 0 Å². The van der Waals surface area contributed by atoms with E-state index in [9.17, 15) is 0 Å². The molecule has 0 saturated heterocycles. The quantitative estimate of drug-likeness (QED) is 0.580. The largest absolute Gasteiger partial charge is 0.304 e. The van der Waals surface area contributed by atoms with Gasteiger partial charge in [0.1, 0.15) is 10.7 Å². The summed E-state index contributed by atoms with van der Waals surface area (Å²) in [6.45, 7) is 2.13. The number of pyridine rings is 1. The Bertz CT molecular complexity index is 903. The molecule has 0 aliphatic heterocycles. The summed E-state index contributed by atoms with van der Waals surface area (Å²) in [4.78, 5) is 5.27. The van der Waals surface area contributed by atoms with Gasteiger partial charge in [0, 0.05) is 30.9 Å². The fourth-order valence-electron chi connectivity index (χ4n) is 2.42. The topological polar surface area (TPSA) is 60.4 Å². The van der Waals surface area contributed by atoms with Gasteiger partial charge >= 0.3 is 0 Å². The number of rotatable bonds is 4. The lowest BCUT2D eigenvalue weighted by atomic mass is 10.3. The predicted molar refractivity (Wildman–Crippen MR) is 80.7 cm³/mol. The van der Waals surface area contributed by atoms with E-state index in [1.165, 1.54) is 0 Å². The predicted octanol–water partition coefficient (Wildman–Crippen LogP) is 2.38. The van der Waals surface area contributed by atoms with E-state index in [0.717, 1.165) is 46.4 Å². The van der Waals surface area contributed by atoms with Crippen LogP contribution in [0.1, 0.15) is 29.9 Å². The number of imidazole rings is 1. The molecule has 0 aliphatic carbocycles. The van der Waals surface area contributed by atoms with Gasteiger partial charge in [-0.05, 0) is 18.6 Å². The summed E-state index contributed by atoms with van der Waals surface area (Å²) >= 11 is 1.59. The van der Waals surface area contributed by atoms with Gasteiger partial charge in [-0.15, -0.1) is 10.2 Å². The van der Waals surface area contributed by atoms with Crippen molar-refractivity contribution in [3.63, 3.8) is 0 Å². The first-order valence-electron chi connectivity index (χ1n) is 6.96. The van der Waals surface area contributed by atoms with Crippen molar-refractivity contribution in [3.8, 4) is 0 Å². The highest BCUT2D eigenvalue weighted by Gasteiger charge is 2.12. The molecular formula is C14H14N6S. The van der Waals surface area contributed by atoms with Crippen LogP contribution >= 0.6 is 11.3 Å². The van der Waals surface area contributed by atoms with E-state index in [-0.39, 0.29) is 0 Å².